The summed E-state index contributed by atoms with van der Waals surface area (Å²) in [7, 11) is 0. The second kappa shape index (κ2) is 6.72. The van der Waals surface area contributed by atoms with E-state index < -0.39 is 0 Å². The molecule has 2 rings (SSSR count). The van der Waals surface area contributed by atoms with Crippen LogP contribution in [0.1, 0.15) is 35.7 Å². The van der Waals surface area contributed by atoms with Crippen LogP contribution in [0.2, 0.25) is 0 Å². The van der Waals surface area contributed by atoms with E-state index in [1.54, 1.807) is 6.07 Å². The summed E-state index contributed by atoms with van der Waals surface area (Å²) in [4.78, 5) is 12.1. The summed E-state index contributed by atoms with van der Waals surface area (Å²) in [5.41, 5.74) is 5.54. The van der Waals surface area contributed by atoms with Crippen molar-refractivity contribution in [2.45, 2.75) is 40.7 Å². The van der Waals surface area contributed by atoms with Crippen LogP contribution in [0.3, 0.4) is 0 Å². The van der Waals surface area contributed by atoms with Crippen LogP contribution in [-0.4, -0.2) is 11.1 Å². The van der Waals surface area contributed by atoms with Crippen LogP contribution in [-0.2, 0) is 6.54 Å². The molecule has 0 fully saturated rings. The van der Waals surface area contributed by atoms with E-state index in [0.717, 1.165) is 29.9 Å². The van der Waals surface area contributed by atoms with E-state index in [0.29, 0.717) is 6.54 Å². The lowest BCUT2D eigenvalue weighted by atomic mass is 10.1. The number of hydrogen-bond acceptors (Lipinski definition) is 2. The predicted molar refractivity (Wildman–Crippen MR) is 88.2 cm³/mol. The van der Waals surface area contributed by atoms with Gasteiger partial charge in [0.1, 0.15) is 0 Å². The summed E-state index contributed by atoms with van der Waals surface area (Å²) in [5, 5.41) is 3.30. The Morgan fingerprint density at radius 2 is 1.95 bits per heavy atom. The van der Waals surface area contributed by atoms with Gasteiger partial charge in [0, 0.05) is 35.8 Å². The number of aromatic nitrogens is 1. The summed E-state index contributed by atoms with van der Waals surface area (Å²) in [5.74, 6) is 0. The zero-order valence-corrected chi connectivity index (χ0v) is 13.4. The van der Waals surface area contributed by atoms with Gasteiger partial charge in [-0.25, -0.2) is 0 Å². The maximum absolute atomic E-state index is 12.1. The van der Waals surface area contributed by atoms with E-state index in [9.17, 15) is 4.79 Å². The molecule has 0 bridgehead atoms. The number of hydrogen-bond donors (Lipinski definition) is 1. The van der Waals surface area contributed by atoms with Gasteiger partial charge in [0.25, 0.3) is 0 Å². The van der Waals surface area contributed by atoms with Gasteiger partial charge in [0.05, 0.1) is 0 Å². The summed E-state index contributed by atoms with van der Waals surface area (Å²) >= 11 is 0. The number of rotatable bonds is 5. The van der Waals surface area contributed by atoms with Crippen molar-refractivity contribution in [3.05, 3.63) is 63.1 Å². The molecular formula is C18H24N2O. The molecule has 0 saturated heterocycles. The number of aryl methyl sites for hydroxylation is 2. The Hall–Kier alpha value is -1.87. The minimum absolute atomic E-state index is 0.109. The molecule has 3 heteroatoms. The number of nitrogens with zero attached hydrogens (tertiary/aromatic N) is 1. The fourth-order valence-corrected chi connectivity index (χ4v) is 2.46. The zero-order valence-electron chi connectivity index (χ0n) is 13.4. The van der Waals surface area contributed by atoms with Gasteiger partial charge in [-0.15, -0.1) is 0 Å². The third-order valence-corrected chi connectivity index (χ3v) is 3.90. The van der Waals surface area contributed by atoms with E-state index in [4.69, 9.17) is 0 Å². The Kier molecular flexibility index (Phi) is 4.97. The highest BCUT2D eigenvalue weighted by Gasteiger charge is 2.08. The minimum Gasteiger partial charge on any atom is -0.320 e. The molecule has 1 aromatic carbocycles. The highest BCUT2D eigenvalue weighted by atomic mass is 16.1. The highest BCUT2D eigenvalue weighted by Crippen LogP contribution is 2.19. The first-order chi connectivity index (χ1) is 10.0. The molecule has 0 atom stereocenters. The second-order valence-corrected chi connectivity index (χ2v) is 5.57. The van der Waals surface area contributed by atoms with Gasteiger partial charge < -0.3 is 9.88 Å². The number of nitrogens with one attached hydrogen (secondary N) is 1. The van der Waals surface area contributed by atoms with Crippen LogP contribution in [0.15, 0.2) is 35.3 Å². The normalized spacial score (nSPS) is 10.9. The maximum Gasteiger partial charge on any atom is 0.186 e. The standard InChI is InChI=1S/C18H24N2O/c1-5-9-19-11-16-12-20(14(3)10-18(16)21)17-8-6-7-13(2)15(17)4/h6-8,10,12,19H,5,9,11H2,1-4H3. The molecule has 2 aromatic rings. The summed E-state index contributed by atoms with van der Waals surface area (Å²) in [6, 6.07) is 8.00. The van der Waals surface area contributed by atoms with Crippen molar-refractivity contribution in [1.82, 2.24) is 9.88 Å². The smallest absolute Gasteiger partial charge is 0.186 e. The van der Waals surface area contributed by atoms with Crippen molar-refractivity contribution in [2.24, 2.45) is 0 Å². The Morgan fingerprint density at radius 1 is 1.19 bits per heavy atom. The molecule has 0 saturated carbocycles. The first kappa shape index (κ1) is 15.5. The van der Waals surface area contributed by atoms with E-state index in [1.807, 2.05) is 13.1 Å². The van der Waals surface area contributed by atoms with Crippen molar-refractivity contribution < 1.29 is 0 Å². The zero-order chi connectivity index (χ0) is 15.4. The topological polar surface area (TPSA) is 34.0 Å². The first-order valence-electron chi connectivity index (χ1n) is 7.54. The Labute approximate surface area is 126 Å². The van der Waals surface area contributed by atoms with Crippen molar-refractivity contribution in [1.29, 1.82) is 0 Å². The molecule has 0 unspecified atom stereocenters. The van der Waals surface area contributed by atoms with E-state index in [-0.39, 0.29) is 5.43 Å². The van der Waals surface area contributed by atoms with Gasteiger partial charge in [0.2, 0.25) is 0 Å². The molecule has 3 nitrogen and oxygen atoms in total. The molecule has 0 aliphatic carbocycles. The fourth-order valence-electron chi connectivity index (χ4n) is 2.46. The number of pyridine rings is 1. The lowest BCUT2D eigenvalue weighted by Crippen LogP contribution is -2.22. The largest absolute Gasteiger partial charge is 0.320 e. The van der Waals surface area contributed by atoms with Gasteiger partial charge in [-0.05, 0) is 50.9 Å². The molecule has 1 N–H and O–H groups in total. The summed E-state index contributed by atoms with van der Waals surface area (Å²) in [6.45, 7) is 9.88. The van der Waals surface area contributed by atoms with Crippen molar-refractivity contribution >= 4 is 0 Å². The molecule has 1 heterocycles. The molecule has 21 heavy (non-hydrogen) atoms. The van der Waals surface area contributed by atoms with Crippen LogP contribution in [0.25, 0.3) is 5.69 Å². The van der Waals surface area contributed by atoms with Crippen molar-refractivity contribution in [2.75, 3.05) is 6.54 Å². The van der Waals surface area contributed by atoms with Gasteiger partial charge >= 0.3 is 0 Å². The Balaban J connectivity index is 2.46. The van der Waals surface area contributed by atoms with E-state index in [1.165, 1.54) is 11.1 Å². The lowest BCUT2D eigenvalue weighted by molar-refractivity contribution is 0.668. The minimum atomic E-state index is 0.109. The van der Waals surface area contributed by atoms with Gasteiger partial charge in [0.15, 0.2) is 5.43 Å². The third-order valence-electron chi connectivity index (χ3n) is 3.90. The van der Waals surface area contributed by atoms with Crippen LogP contribution in [0, 0.1) is 20.8 Å². The summed E-state index contributed by atoms with van der Waals surface area (Å²) in [6.07, 6.45) is 3.04. The Bertz CT molecular complexity index is 686. The van der Waals surface area contributed by atoms with Crippen molar-refractivity contribution in [3.8, 4) is 5.69 Å². The van der Waals surface area contributed by atoms with Crippen LogP contribution < -0.4 is 10.7 Å². The fraction of sp³-hybridized carbons (Fsp3) is 0.389. The molecular weight excluding hydrogens is 260 g/mol. The maximum atomic E-state index is 12.1. The third kappa shape index (κ3) is 3.42. The molecule has 0 amide bonds. The first-order valence-corrected chi connectivity index (χ1v) is 7.54. The Morgan fingerprint density at radius 3 is 2.67 bits per heavy atom. The summed E-state index contributed by atoms with van der Waals surface area (Å²) < 4.78 is 2.12. The second-order valence-electron chi connectivity index (χ2n) is 5.57. The lowest BCUT2D eigenvalue weighted by Gasteiger charge is -2.16. The van der Waals surface area contributed by atoms with Gasteiger partial charge in [-0.2, -0.15) is 0 Å². The molecule has 1 aromatic heterocycles. The molecule has 0 spiro atoms. The van der Waals surface area contributed by atoms with Gasteiger partial charge in [-0.1, -0.05) is 19.1 Å². The highest BCUT2D eigenvalue weighted by molar-refractivity contribution is 5.46. The SMILES string of the molecule is CCCNCc1cn(-c2cccc(C)c2C)c(C)cc1=O. The average molecular weight is 284 g/mol. The van der Waals surface area contributed by atoms with Crippen molar-refractivity contribution in [3.63, 3.8) is 0 Å². The molecule has 0 radical (unpaired) electrons. The molecule has 0 aliphatic heterocycles. The van der Waals surface area contributed by atoms with Gasteiger partial charge in [-0.3, -0.25) is 4.79 Å². The number of benzene rings is 1. The molecule has 0 aliphatic rings. The monoisotopic (exact) mass is 284 g/mol. The van der Waals surface area contributed by atoms with Crippen LogP contribution >= 0.6 is 0 Å². The van der Waals surface area contributed by atoms with E-state index in [2.05, 4.69) is 48.9 Å². The predicted octanol–water partition coefficient (Wildman–Crippen LogP) is 3.26. The molecule has 112 valence electrons. The van der Waals surface area contributed by atoms with Crippen LogP contribution in [0.5, 0.6) is 0 Å². The quantitative estimate of drug-likeness (QED) is 0.855. The van der Waals surface area contributed by atoms with Crippen LogP contribution in [0.4, 0.5) is 0 Å². The van der Waals surface area contributed by atoms with E-state index >= 15 is 0 Å². The average Bonchev–Trinajstić information content (AvgIpc) is 2.45.